The van der Waals surface area contributed by atoms with E-state index in [2.05, 4.69) is 15.1 Å². The fourth-order valence-corrected chi connectivity index (χ4v) is 3.67. The van der Waals surface area contributed by atoms with Crippen molar-refractivity contribution in [1.29, 1.82) is 0 Å². The molecule has 1 saturated heterocycles. The predicted octanol–water partition coefficient (Wildman–Crippen LogP) is 3.27. The van der Waals surface area contributed by atoms with E-state index in [0.29, 0.717) is 37.2 Å². The molecular weight excluding hydrogens is 424 g/mol. The quantitative estimate of drug-likeness (QED) is 0.445. The molecule has 0 N–H and O–H groups in total. The molecule has 3 heterocycles. The molecule has 9 heteroatoms. The number of hydrogen-bond donors (Lipinski definition) is 0. The number of nitrogens with zero attached hydrogens (tertiary/aromatic N) is 4. The highest BCUT2D eigenvalue weighted by Gasteiger charge is 2.30. The Morgan fingerprint density at radius 3 is 2.85 bits per heavy atom. The molecule has 0 bridgehead atoms. The molecule has 33 heavy (non-hydrogen) atoms. The zero-order valence-corrected chi connectivity index (χ0v) is 18.0. The molecule has 1 fully saturated rings. The Bertz CT molecular complexity index is 1250. The van der Waals surface area contributed by atoms with Gasteiger partial charge in [-0.1, -0.05) is 23.4 Å². The Balaban J connectivity index is 1.23. The van der Waals surface area contributed by atoms with Crippen LogP contribution in [0.5, 0.6) is 11.5 Å². The van der Waals surface area contributed by atoms with E-state index in [0.717, 1.165) is 22.2 Å². The van der Waals surface area contributed by atoms with Gasteiger partial charge in [-0.05, 0) is 36.4 Å². The van der Waals surface area contributed by atoms with E-state index in [1.807, 2.05) is 54.6 Å². The number of hydrogen-bond acceptors (Lipinski definition) is 8. The van der Waals surface area contributed by atoms with Crippen LogP contribution in [0.15, 0.2) is 65.3 Å². The van der Waals surface area contributed by atoms with Crippen molar-refractivity contribution in [2.75, 3.05) is 33.4 Å². The van der Waals surface area contributed by atoms with Gasteiger partial charge in [-0.15, -0.1) is 0 Å². The van der Waals surface area contributed by atoms with Crippen molar-refractivity contribution >= 4 is 16.8 Å². The van der Waals surface area contributed by atoms with E-state index < -0.39 is 6.10 Å². The molecule has 0 unspecified atom stereocenters. The third-order valence-corrected chi connectivity index (χ3v) is 5.43. The van der Waals surface area contributed by atoms with E-state index >= 15 is 0 Å². The number of rotatable bonds is 6. The molecule has 5 rings (SSSR count). The van der Waals surface area contributed by atoms with E-state index in [1.54, 1.807) is 18.2 Å². The van der Waals surface area contributed by atoms with Crippen molar-refractivity contribution in [3.8, 4) is 22.9 Å². The molecule has 4 aromatic rings. The lowest BCUT2D eigenvalue weighted by atomic mass is 10.2. The minimum Gasteiger partial charge on any atom is -0.497 e. The van der Waals surface area contributed by atoms with Gasteiger partial charge in [0.2, 0.25) is 5.82 Å². The molecule has 2 aromatic heterocycles. The standard InChI is InChI=1S/C24H22N4O5/c1-30-18-9-7-17(8-10-18)23-26-24(33-27-23)20-14-28(12-13-31-20)21(29)15-32-19-6-2-4-16-5-3-11-25-22(16)19/h2-11,20H,12-15H2,1H3/t20-/m0/s1. The average molecular weight is 446 g/mol. The van der Waals surface area contributed by atoms with Crippen molar-refractivity contribution in [2.45, 2.75) is 6.10 Å². The lowest BCUT2D eigenvalue weighted by Gasteiger charge is -2.31. The molecule has 0 spiro atoms. The third-order valence-electron chi connectivity index (χ3n) is 5.43. The second kappa shape index (κ2) is 9.25. The van der Waals surface area contributed by atoms with Gasteiger partial charge in [0.1, 0.15) is 17.0 Å². The topological polar surface area (TPSA) is 99.8 Å². The number of pyridine rings is 1. The number of methoxy groups -OCH3 is 1. The maximum Gasteiger partial charge on any atom is 0.260 e. The number of carbonyl (C=O) groups is 1. The van der Waals surface area contributed by atoms with Crippen LogP contribution in [-0.2, 0) is 9.53 Å². The number of aromatic nitrogens is 3. The molecule has 0 saturated carbocycles. The lowest BCUT2D eigenvalue weighted by Crippen LogP contribution is -2.44. The number of para-hydroxylation sites is 1. The smallest absolute Gasteiger partial charge is 0.260 e. The number of benzene rings is 2. The van der Waals surface area contributed by atoms with Crippen LogP contribution < -0.4 is 9.47 Å². The van der Waals surface area contributed by atoms with Crippen LogP contribution in [0.2, 0.25) is 0 Å². The molecule has 2 aromatic carbocycles. The van der Waals surface area contributed by atoms with Crippen molar-refractivity contribution < 1.29 is 23.5 Å². The Labute approximate surface area is 189 Å². The first kappa shape index (κ1) is 20.9. The summed E-state index contributed by atoms with van der Waals surface area (Å²) in [6.45, 7) is 1.04. The molecule has 168 valence electrons. The van der Waals surface area contributed by atoms with Crippen LogP contribution >= 0.6 is 0 Å². The van der Waals surface area contributed by atoms with Gasteiger partial charge >= 0.3 is 0 Å². The van der Waals surface area contributed by atoms with Crippen LogP contribution in [-0.4, -0.2) is 59.3 Å². The Morgan fingerprint density at radius 2 is 2.00 bits per heavy atom. The highest BCUT2D eigenvalue weighted by atomic mass is 16.5. The molecule has 0 aliphatic carbocycles. The average Bonchev–Trinajstić information content (AvgIpc) is 3.38. The number of ether oxygens (including phenoxy) is 3. The summed E-state index contributed by atoms with van der Waals surface area (Å²) < 4.78 is 22.2. The molecule has 1 atom stereocenters. The SMILES string of the molecule is COc1ccc(-c2noc([C@@H]3CN(C(=O)COc4cccc5cccnc45)CCO3)n2)cc1. The van der Waals surface area contributed by atoms with Crippen LogP contribution in [0.1, 0.15) is 12.0 Å². The Hall–Kier alpha value is -3.98. The number of morpholine rings is 1. The number of amides is 1. The highest BCUT2D eigenvalue weighted by Crippen LogP contribution is 2.26. The zero-order valence-electron chi connectivity index (χ0n) is 18.0. The first-order chi connectivity index (χ1) is 16.2. The van der Waals surface area contributed by atoms with Crippen LogP contribution in [0.25, 0.3) is 22.3 Å². The molecule has 1 aliphatic rings. The Kier molecular flexibility index (Phi) is 5.86. The van der Waals surface area contributed by atoms with E-state index in [-0.39, 0.29) is 12.5 Å². The Morgan fingerprint density at radius 1 is 1.15 bits per heavy atom. The van der Waals surface area contributed by atoms with Gasteiger partial charge < -0.3 is 23.6 Å². The molecule has 1 aliphatic heterocycles. The van der Waals surface area contributed by atoms with Crippen LogP contribution in [0.4, 0.5) is 0 Å². The molecule has 9 nitrogen and oxygen atoms in total. The van der Waals surface area contributed by atoms with Crippen molar-refractivity contribution in [3.05, 3.63) is 66.7 Å². The fraction of sp³-hybridized carbons (Fsp3) is 0.250. The molecule has 0 radical (unpaired) electrons. The summed E-state index contributed by atoms with van der Waals surface area (Å²) >= 11 is 0. The van der Waals surface area contributed by atoms with Gasteiger partial charge in [0.05, 0.1) is 20.3 Å². The van der Waals surface area contributed by atoms with E-state index in [1.165, 1.54) is 0 Å². The summed E-state index contributed by atoms with van der Waals surface area (Å²) in [6.07, 6.45) is 1.20. The first-order valence-electron chi connectivity index (χ1n) is 10.6. The van der Waals surface area contributed by atoms with Gasteiger partial charge in [0.25, 0.3) is 11.8 Å². The van der Waals surface area contributed by atoms with Crippen LogP contribution in [0.3, 0.4) is 0 Å². The maximum atomic E-state index is 12.8. The first-order valence-corrected chi connectivity index (χ1v) is 10.6. The van der Waals surface area contributed by atoms with Crippen LogP contribution in [0, 0.1) is 0 Å². The third kappa shape index (κ3) is 4.49. The molecular formula is C24H22N4O5. The summed E-state index contributed by atoms with van der Waals surface area (Å²) in [7, 11) is 1.61. The number of fused-ring (bicyclic) bond motifs is 1. The monoisotopic (exact) mass is 446 g/mol. The predicted molar refractivity (Wildman–Crippen MR) is 119 cm³/mol. The van der Waals surface area contributed by atoms with Crippen molar-refractivity contribution in [1.82, 2.24) is 20.0 Å². The van der Waals surface area contributed by atoms with Gasteiger partial charge in [-0.2, -0.15) is 4.98 Å². The summed E-state index contributed by atoms with van der Waals surface area (Å²) in [5, 5.41) is 5.01. The second-order valence-electron chi connectivity index (χ2n) is 7.50. The minimum atomic E-state index is -0.499. The van der Waals surface area contributed by atoms with Gasteiger partial charge in [0, 0.05) is 23.7 Å². The summed E-state index contributed by atoms with van der Waals surface area (Å²) in [5.41, 5.74) is 1.52. The second-order valence-corrected chi connectivity index (χ2v) is 7.50. The van der Waals surface area contributed by atoms with Crippen molar-refractivity contribution in [3.63, 3.8) is 0 Å². The largest absolute Gasteiger partial charge is 0.497 e. The maximum absolute atomic E-state index is 12.8. The lowest BCUT2D eigenvalue weighted by molar-refractivity contribution is -0.142. The van der Waals surface area contributed by atoms with E-state index in [4.69, 9.17) is 18.7 Å². The fourth-order valence-electron chi connectivity index (χ4n) is 3.67. The summed E-state index contributed by atoms with van der Waals surface area (Å²) in [5.74, 6) is 1.95. The van der Waals surface area contributed by atoms with Crippen molar-refractivity contribution in [2.24, 2.45) is 0 Å². The molecule has 1 amide bonds. The van der Waals surface area contributed by atoms with Gasteiger partial charge in [-0.25, -0.2) is 0 Å². The minimum absolute atomic E-state index is 0.0939. The summed E-state index contributed by atoms with van der Waals surface area (Å²) in [6, 6.07) is 16.8. The van der Waals surface area contributed by atoms with Gasteiger partial charge in [-0.3, -0.25) is 9.78 Å². The summed E-state index contributed by atoms with van der Waals surface area (Å²) in [4.78, 5) is 23.3. The zero-order chi connectivity index (χ0) is 22.6. The van der Waals surface area contributed by atoms with E-state index in [9.17, 15) is 4.79 Å². The highest BCUT2D eigenvalue weighted by molar-refractivity contribution is 5.85. The normalized spacial score (nSPS) is 16.0. The number of carbonyl (C=O) groups excluding carboxylic acids is 1. The van der Waals surface area contributed by atoms with Gasteiger partial charge in [0.15, 0.2) is 12.7 Å².